The molecule has 2 saturated heterocycles. The van der Waals surface area contributed by atoms with Gasteiger partial charge in [0.1, 0.15) is 24.2 Å². The maximum absolute atomic E-state index is 13.9. The topological polar surface area (TPSA) is 157 Å². The molecule has 13 heteroatoms. The van der Waals surface area contributed by atoms with Gasteiger partial charge in [-0.25, -0.2) is 14.8 Å². The number of imidazole rings is 2. The lowest BCUT2D eigenvalue weighted by atomic mass is 9.98. The number of rotatable bonds is 10. The molecule has 3 amide bonds. The standard InChI is InChI=1S/C44H44N8O5/c1-50(2)40(29-8-5-4-6-9-29)43(55)51-19-7-10-37(51)41-45-23-35(48-41)28-13-11-27(12-14-28)30-15-16-32-21-33(18-17-31(32)20-30)36-24-46-42(49-36)38-22-34(53)26-52(38)39(54)25-47-44(56)57-3/h4-6,8-9,11-18,20-21,23-24,37-38,40H,7,10,19,22,25-26H2,1-3H3,(H,45,48)(H,46,49)(H,47,56)/t37-,38-,40+/m0/s1. The zero-order valence-corrected chi connectivity index (χ0v) is 32.1. The molecule has 2 aliphatic rings. The van der Waals surface area contributed by atoms with E-state index in [2.05, 4.69) is 79.6 Å². The summed E-state index contributed by atoms with van der Waals surface area (Å²) in [6.45, 7) is 0.390. The fourth-order valence-corrected chi connectivity index (χ4v) is 8.03. The Morgan fingerprint density at radius 1 is 0.807 bits per heavy atom. The second-order valence-corrected chi connectivity index (χ2v) is 14.8. The number of amides is 3. The second-order valence-electron chi connectivity index (χ2n) is 14.8. The van der Waals surface area contributed by atoms with E-state index >= 15 is 0 Å². The molecular formula is C44H44N8O5. The van der Waals surface area contributed by atoms with Gasteiger partial charge in [-0.1, -0.05) is 78.9 Å². The van der Waals surface area contributed by atoms with Gasteiger partial charge >= 0.3 is 6.09 Å². The predicted octanol–water partition coefficient (Wildman–Crippen LogP) is 6.45. The first-order chi connectivity index (χ1) is 27.7. The molecule has 57 heavy (non-hydrogen) atoms. The van der Waals surface area contributed by atoms with Gasteiger partial charge in [0, 0.05) is 18.5 Å². The molecule has 0 radical (unpaired) electrons. The summed E-state index contributed by atoms with van der Waals surface area (Å²) in [5, 5.41) is 4.51. The number of benzene rings is 4. The highest BCUT2D eigenvalue weighted by atomic mass is 16.5. The van der Waals surface area contributed by atoms with Crippen LogP contribution in [-0.4, -0.2) is 99.2 Å². The Morgan fingerprint density at radius 2 is 1.42 bits per heavy atom. The van der Waals surface area contributed by atoms with Gasteiger partial charge in [0.25, 0.3) is 0 Å². The minimum atomic E-state index is -0.715. The Hall–Kier alpha value is -6.60. The third kappa shape index (κ3) is 7.66. The third-order valence-electron chi connectivity index (χ3n) is 10.9. The van der Waals surface area contributed by atoms with Crippen LogP contribution in [0.25, 0.3) is 44.4 Å². The van der Waals surface area contributed by atoms with Crippen molar-refractivity contribution in [2.45, 2.75) is 37.4 Å². The number of hydrogen-bond acceptors (Lipinski definition) is 8. The van der Waals surface area contributed by atoms with Gasteiger partial charge < -0.3 is 29.8 Å². The number of ether oxygens (including phenoxy) is 1. The first kappa shape index (κ1) is 37.3. The van der Waals surface area contributed by atoms with Gasteiger partial charge in [-0.3, -0.25) is 19.3 Å². The zero-order chi connectivity index (χ0) is 39.6. The summed E-state index contributed by atoms with van der Waals surface area (Å²) in [5.74, 6) is 0.945. The van der Waals surface area contributed by atoms with Crippen molar-refractivity contribution in [3.05, 3.63) is 121 Å². The van der Waals surface area contributed by atoms with Gasteiger partial charge in [-0.2, -0.15) is 0 Å². The highest BCUT2D eigenvalue weighted by Gasteiger charge is 2.38. The number of H-pyrrole nitrogens is 2. The van der Waals surface area contributed by atoms with Gasteiger partial charge in [-0.15, -0.1) is 0 Å². The van der Waals surface area contributed by atoms with Crippen LogP contribution in [0.15, 0.2) is 103 Å². The third-order valence-corrected chi connectivity index (χ3v) is 10.9. The van der Waals surface area contributed by atoms with Crippen LogP contribution in [0.5, 0.6) is 0 Å². The maximum Gasteiger partial charge on any atom is 0.407 e. The van der Waals surface area contributed by atoms with Crippen LogP contribution in [0, 0.1) is 0 Å². The molecule has 0 spiro atoms. The van der Waals surface area contributed by atoms with Crippen molar-refractivity contribution < 1.29 is 23.9 Å². The van der Waals surface area contributed by atoms with E-state index in [0.29, 0.717) is 12.4 Å². The number of carbonyl (C=O) groups is 4. The highest BCUT2D eigenvalue weighted by Crippen LogP contribution is 2.36. The predicted molar refractivity (Wildman–Crippen MR) is 216 cm³/mol. The van der Waals surface area contributed by atoms with Crippen molar-refractivity contribution in [3.63, 3.8) is 0 Å². The highest BCUT2D eigenvalue weighted by molar-refractivity contribution is 5.93. The second kappa shape index (κ2) is 15.9. The van der Waals surface area contributed by atoms with Gasteiger partial charge in [-0.05, 0) is 72.1 Å². The number of fused-ring (bicyclic) bond motifs is 1. The van der Waals surface area contributed by atoms with Crippen LogP contribution in [0.3, 0.4) is 0 Å². The Labute approximate surface area is 330 Å². The summed E-state index contributed by atoms with van der Waals surface area (Å²) in [4.78, 5) is 72.1. The minimum Gasteiger partial charge on any atom is -0.453 e. The molecule has 3 N–H and O–H groups in total. The van der Waals surface area contributed by atoms with Crippen molar-refractivity contribution in [3.8, 4) is 33.6 Å². The Kier molecular flexibility index (Phi) is 10.4. The van der Waals surface area contributed by atoms with Crippen LogP contribution in [0.2, 0.25) is 0 Å². The maximum atomic E-state index is 13.9. The first-order valence-corrected chi connectivity index (χ1v) is 19.1. The molecular weight excluding hydrogens is 721 g/mol. The van der Waals surface area contributed by atoms with Gasteiger partial charge in [0.05, 0.1) is 49.5 Å². The van der Waals surface area contributed by atoms with Crippen molar-refractivity contribution in [1.82, 2.24) is 40.0 Å². The number of Topliss-reactive ketones (excluding diaryl/α,β-unsaturated/α-hetero) is 1. The zero-order valence-electron chi connectivity index (χ0n) is 32.1. The van der Waals surface area contributed by atoms with E-state index in [9.17, 15) is 19.2 Å². The molecule has 3 atom stereocenters. The fourth-order valence-electron chi connectivity index (χ4n) is 8.03. The number of aromatic amines is 2. The molecule has 0 aliphatic carbocycles. The Bertz CT molecular complexity index is 2440. The normalized spacial score (nSPS) is 17.4. The van der Waals surface area contributed by atoms with Crippen LogP contribution in [-0.2, 0) is 19.1 Å². The van der Waals surface area contributed by atoms with Crippen molar-refractivity contribution in [2.24, 2.45) is 0 Å². The monoisotopic (exact) mass is 764 g/mol. The van der Waals surface area contributed by atoms with Crippen LogP contribution in [0.1, 0.15) is 54.6 Å². The van der Waals surface area contributed by atoms with Crippen molar-refractivity contribution in [1.29, 1.82) is 0 Å². The number of alkyl carbamates (subject to hydrolysis) is 1. The number of carbonyl (C=O) groups excluding carboxylic acids is 4. The number of likely N-dealkylation sites (tertiary alicyclic amines) is 2. The number of nitrogens with zero attached hydrogens (tertiary/aromatic N) is 5. The molecule has 2 fully saturated rings. The molecule has 2 aliphatic heterocycles. The largest absolute Gasteiger partial charge is 0.453 e. The van der Waals surface area contributed by atoms with Gasteiger partial charge in [0.2, 0.25) is 11.8 Å². The first-order valence-electron chi connectivity index (χ1n) is 19.1. The number of likely N-dealkylation sites (N-methyl/N-ethyl adjacent to an activating group) is 1. The lowest BCUT2D eigenvalue weighted by Crippen LogP contribution is -2.40. The average molecular weight is 765 g/mol. The van der Waals surface area contributed by atoms with E-state index in [1.807, 2.05) is 66.5 Å². The number of aromatic nitrogens is 4. The van der Waals surface area contributed by atoms with Crippen LogP contribution in [0.4, 0.5) is 4.79 Å². The summed E-state index contributed by atoms with van der Waals surface area (Å²) >= 11 is 0. The fraction of sp³-hybridized carbons (Fsp3) is 0.273. The smallest absolute Gasteiger partial charge is 0.407 e. The molecule has 8 rings (SSSR count). The van der Waals surface area contributed by atoms with Gasteiger partial charge in [0.15, 0.2) is 5.78 Å². The molecule has 290 valence electrons. The summed E-state index contributed by atoms with van der Waals surface area (Å²) in [6.07, 6.45) is 4.79. The van der Waals surface area contributed by atoms with E-state index in [1.165, 1.54) is 12.0 Å². The molecule has 13 nitrogen and oxygen atoms in total. The molecule has 4 heterocycles. The van der Waals surface area contributed by atoms with E-state index in [-0.39, 0.29) is 49.2 Å². The minimum absolute atomic E-state index is 0.0380. The summed E-state index contributed by atoms with van der Waals surface area (Å²) in [5.41, 5.74) is 6.76. The van der Waals surface area contributed by atoms with Crippen LogP contribution < -0.4 is 5.32 Å². The molecule has 0 saturated carbocycles. The van der Waals surface area contributed by atoms with Crippen molar-refractivity contribution >= 4 is 34.5 Å². The molecule has 6 aromatic rings. The number of methoxy groups -OCH3 is 1. The molecule has 0 unspecified atom stereocenters. The lowest BCUT2D eigenvalue weighted by molar-refractivity contribution is -0.137. The van der Waals surface area contributed by atoms with Crippen LogP contribution >= 0.6 is 0 Å². The van der Waals surface area contributed by atoms with E-state index < -0.39 is 12.1 Å². The molecule has 0 bridgehead atoms. The lowest BCUT2D eigenvalue weighted by Gasteiger charge is -2.31. The van der Waals surface area contributed by atoms with E-state index in [0.717, 1.165) is 68.6 Å². The van der Waals surface area contributed by atoms with Crippen molar-refractivity contribution in [2.75, 3.05) is 40.8 Å². The molecule has 2 aromatic heterocycles. The van der Waals surface area contributed by atoms with E-state index in [1.54, 1.807) is 6.20 Å². The quantitative estimate of drug-likeness (QED) is 0.144. The Morgan fingerprint density at radius 3 is 2.11 bits per heavy atom. The summed E-state index contributed by atoms with van der Waals surface area (Å²) < 4.78 is 4.55. The summed E-state index contributed by atoms with van der Waals surface area (Å²) in [7, 11) is 5.11. The summed E-state index contributed by atoms with van der Waals surface area (Å²) in [6, 6.07) is 29.9. The van der Waals surface area contributed by atoms with E-state index in [4.69, 9.17) is 4.98 Å². The SMILES string of the molecule is COC(=O)NCC(=O)N1CC(=O)C[C@H]1c1ncc(-c2ccc3cc(-c4ccc(-c5cnc([C@@H]6CCCN6C(=O)[C@@H](c6ccccc6)N(C)C)[nH]5)cc4)ccc3c2)[nH]1. The number of nitrogens with one attached hydrogen (secondary N) is 3. The Balaban J connectivity index is 0.945. The number of hydrogen-bond donors (Lipinski definition) is 3. The average Bonchev–Trinajstić information content (AvgIpc) is 4.07. The number of ketones is 1. The molecule has 4 aromatic carbocycles.